The lowest BCUT2D eigenvalue weighted by Crippen LogP contribution is -2.53. The van der Waals surface area contributed by atoms with Gasteiger partial charge in [0.2, 0.25) is 0 Å². The van der Waals surface area contributed by atoms with Crippen molar-refractivity contribution >= 4 is 11.7 Å². The monoisotopic (exact) mass is 277 g/mol. The van der Waals surface area contributed by atoms with Gasteiger partial charge in [0.05, 0.1) is 12.7 Å². The molecule has 1 fully saturated rings. The number of ether oxygens (including phenoxy) is 2. The number of aryl methyl sites for hydroxylation is 1. The Morgan fingerprint density at radius 1 is 1.50 bits per heavy atom. The number of carbonyl (C=O) groups is 1. The molecular weight excluding hydrogens is 254 g/mol. The first-order chi connectivity index (χ1) is 9.57. The van der Waals surface area contributed by atoms with Crippen molar-refractivity contribution in [1.82, 2.24) is 0 Å². The first-order valence-electron chi connectivity index (χ1n) is 7.20. The minimum Gasteiger partial charge on any atom is -0.464 e. The fourth-order valence-corrected chi connectivity index (χ4v) is 2.68. The van der Waals surface area contributed by atoms with Crippen LogP contribution in [0.15, 0.2) is 24.3 Å². The number of rotatable bonds is 4. The van der Waals surface area contributed by atoms with Gasteiger partial charge in [0.15, 0.2) is 0 Å². The molecule has 0 aromatic heterocycles. The van der Waals surface area contributed by atoms with Crippen molar-refractivity contribution in [3.8, 4) is 0 Å². The molecule has 2 rings (SSSR count). The second-order valence-corrected chi connectivity index (χ2v) is 5.38. The number of hydrogen-bond acceptors (Lipinski definition) is 4. The van der Waals surface area contributed by atoms with E-state index in [2.05, 4.69) is 5.32 Å². The lowest BCUT2D eigenvalue weighted by Gasteiger charge is -2.39. The van der Waals surface area contributed by atoms with E-state index in [1.54, 1.807) is 0 Å². The summed E-state index contributed by atoms with van der Waals surface area (Å²) in [6.07, 6.45) is 1.30. The van der Waals surface area contributed by atoms with Gasteiger partial charge < -0.3 is 14.8 Å². The van der Waals surface area contributed by atoms with Crippen LogP contribution in [0.3, 0.4) is 0 Å². The lowest BCUT2D eigenvalue weighted by atomic mass is 9.86. The predicted octanol–water partition coefficient (Wildman–Crippen LogP) is 2.91. The van der Waals surface area contributed by atoms with E-state index in [-0.39, 0.29) is 12.1 Å². The molecule has 1 aromatic carbocycles. The molecule has 1 saturated heterocycles. The maximum absolute atomic E-state index is 12.4. The molecule has 2 unspecified atom stereocenters. The Kier molecular flexibility index (Phi) is 4.65. The maximum Gasteiger partial charge on any atom is 0.331 e. The molecule has 0 amide bonds. The number of anilines is 1. The molecule has 20 heavy (non-hydrogen) atoms. The van der Waals surface area contributed by atoms with Crippen LogP contribution in [-0.4, -0.2) is 30.8 Å². The summed E-state index contributed by atoms with van der Waals surface area (Å²) in [4.78, 5) is 12.4. The van der Waals surface area contributed by atoms with Crippen LogP contribution in [0.5, 0.6) is 0 Å². The third-order valence-corrected chi connectivity index (χ3v) is 3.75. The fourth-order valence-electron chi connectivity index (χ4n) is 2.68. The van der Waals surface area contributed by atoms with Gasteiger partial charge in [0, 0.05) is 25.1 Å². The highest BCUT2D eigenvalue weighted by Gasteiger charge is 2.44. The zero-order valence-corrected chi connectivity index (χ0v) is 12.4. The Morgan fingerprint density at radius 2 is 2.25 bits per heavy atom. The molecule has 1 N–H and O–H groups in total. The molecule has 0 saturated carbocycles. The summed E-state index contributed by atoms with van der Waals surface area (Å²) in [5.41, 5.74) is 1.42. The van der Waals surface area contributed by atoms with Crippen LogP contribution in [0.25, 0.3) is 0 Å². The Hall–Kier alpha value is -1.55. The molecule has 1 aliphatic rings. The first kappa shape index (κ1) is 14.9. The molecule has 1 heterocycles. The van der Waals surface area contributed by atoms with E-state index in [9.17, 15) is 4.79 Å². The molecule has 0 aliphatic carbocycles. The van der Waals surface area contributed by atoms with E-state index in [1.807, 2.05) is 45.0 Å². The van der Waals surface area contributed by atoms with Gasteiger partial charge >= 0.3 is 5.97 Å². The standard InChI is InChI=1S/C16H23NO3/c1-4-19-15(18)16(9-10-20-13(3)11-16)17-14-8-6-5-7-12(14)2/h5-8,13,17H,4,9-11H2,1-3H3. The molecule has 1 aromatic rings. The highest BCUT2D eigenvalue weighted by atomic mass is 16.5. The van der Waals surface area contributed by atoms with Gasteiger partial charge in [-0.1, -0.05) is 18.2 Å². The number of nitrogens with one attached hydrogen (secondary N) is 1. The topological polar surface area (TPSA) is 47.6 Å². The molecule has 0 spiro atoms. The van der Waals surface area contributed by atoms with E-state index in [0.29, 0.717) is 26.1 Å². The predicted molar refractivity (Wildman–Crippen MR) is 78.8 cm³/mol. The van der Waals surface area contributed by atoms with Gasteiger partial charge in [-0.3, -0.25) is 0 Å². The number of esters is 1. The average Bonchev–Trinajstić information content (AvgIpc) is 2.42. The van der Waals surface area contributed by atoms with Crippen molar-refractivity contribution in [1.29, 1.82) is 0 Å². The summed E-state index contributed by atoms with van der Waals surface area (Å²) in [6, 6.07) is 7.99. The van der Waals surface area contributed by atoms with Crippen LogP contribution in [0.4, 0.5) is 5.69 Å². The molecule has 0 bridgehead atoms. The molecule has 1 aliphatic heterocycles. The lowest BCUT2D eigenvalue weighted by molar-refractivity contribution is -0.153. The van der Waals surface area contributed by atoms with Crippen molar-refractivity contribution in [2.24, 2.45) is 0 Å². The minimum absolute atomic E-state index is 0.0460. The van der Waals surface area contributed by atoms with Crippen LogP contribution in [-0.2, 0) is 14.3 Å². The highest BCUT2D eigenvalue weighted by Crippen LogP contribution is 2.31. The van der Waals surface area contributed by atoms with Crippen LogP contribution >= 0.6 is 0 Å². The fraction of sp³-hybridized carbons (Fsp3) is 0.562. The normalized spacial score (nSPS) is 26.1. The second-order valence-electron chi connectivity index (χ2n) is 5.38. The zero-order valence-electron chi connectivity index (χ0n) is 12.4. The van der Waals surface area contributed by atoms with Gasteiger partial charge in [-0.05, 0) is 32.4 Å². The summed E-state index contributed by atoms with van der Waals surface area (Å²) in [5.74, 6) is -0.182. The SMILES string of the molecule is CCOC(=O)C1(Nc2ccccc2C)CCOC(C)C1. The molecule has 4 nitrogen and oxygen atoms in total. The van der Waals surface area contributed by atoms with Gasteiger partial charge in [-0.25, -0.2) is 4.79 Å². The Labute approximate surface area is 120 Å². The molecule has 4 heteroatoms. The van der Waals surface area contributed by atoms with Gasteiger partial charge in [0.25, 0.3) is 0 Å². The number of para-hydroxylation sites is 1. The van der Waals surface area contributed by atoms with Crippen LogP contribution < -0.4 is 5.32 Å². The van der Waals surface area contributed by atoms with Crippen molar-refractivity contribution in [3.05, 3.63) is 29.8 Å². The van der Waals surface area contributed by atoms with E-state index >= 15 is 0 Å². The average molecular weight is 277 g/mol. The Bertz CT molecular complexity index is 475. The Balaban J connectivity index is 2.27. The van der Waals surface area contributed by atoms with E-state index in [1.165, 1.54) is 0 Å². The van der Waals surface area contributed by atoms with Crippen molar-refractivity contribution in [2.75, 3.05) is 18.5 Å². The zero-order chi connectivity index (χ0) is 14.6. The van der Waals surface area contributed by atoms with Crippen molar-refractivity contribution in [2.45, 2.75) is 45.3 Å². The third kappa shape index (κ3) is 3.12. The summed E-state index contributed by atoms with van der Waals surface area (Å²) in [6.45, 7) is 6.82. The van der Waals surface area contributed by atoms with Gasteiger partial charge in [-0.2, -0.15) is 0 Å². The van der Waals surface area contributed by atoms with Crippen molar-refractivity contribution in [3.63, 3.8) is 0 Å². The van der Waals surface area contributed by atoms with Gasteiger partial charge in [-0.15, -0.1) is 0 Å². The molecule has 0 radical (unpaired) electrons. The quantitative estimate of drug-likeness (QED) is 0.860. The maximum atomic E-state index is 12.4. The molecule has 110 valence electrons. The van der Waals surface area contributed by atoms with E-state index in [0.717, 1.165) is 11.3 Å². The first-order valence-corrected chi connectivity index (χ1v) is 7.20. The second kappa shape index (κ2) is 6.27. The number of hydrogen-bond donors (Lipinski definition) is 1. The summed E-state index contributed by atoms with van der Waals surface area (Å²) < 4.78 is 10.9. The van der Waals surface area contributed by atoms with Gasteiger partial charge in [0.1, 0.15) is 5.54 Å². The Morgan fingerprint density at radius 3 is 2.90 bits per heavy atom. The molecular formula is C16H23NO3. The highest BCUT2D eigenvalue weighted by molar-refractivity contribution is 5.85. The number of carbonyl (C=O) groups excluding carboxylic acids is 1. The number of benzene rings is 1. The summed E-state index contributed by atoms with van der Waals surface area (Å²) in [7, 11) is 0. The van der Waals surface area contributed by atoms with Crippen LogP contribution in [0.2, 0.25) is 0 Å². The molecule has 2 atom stereocenters. The largest absolute Gasteiger partial charge is 0.464 e. The smallest absolute Gasteiger partial charge is 0.331 e. The van der Waals surface area contributed by atoms with Crippen LogP contribution in [0, 0.1) is 6.92 Å². The third-order valence-electron chi connectivity index (χ3n) is 3.75. The minimum atomic E-state index is -0.681. The van der Waals surface area contributed by atoms with Crippen molar-refractivity contribution < 1.29 is 14.3 Å². The summed E-state index contributed by atoms with van der Waals surface area (Å²) >= 11 is 0. The van der Waals surface area contributed by atoms with E-state index < -0.39 is 5.54 Å². The summed E-state index contributed by atoms with van der Waals surface area (Å²) in [5, 5.41) is 3.42. The van der Waals surface area contributed by atoms with E-state index in [4.69, 9.17) is 9.47 Å². The van der Waals surface area contributed by atoms with Crippen LogP contribution in [0.1, 0.15) is 32.3 Å².